The van der Waals surface area contributed by atoms with Gasteiger partial charge >= 0.3 is 0 Å². The highest BCUT2D eigenvalue weighted by Crippen LogP contribution is 2.45. The largest absolute Gasteiger partial charge is 0.372 e. The van der Waals surface area contributed by atoms with E-state index in [4.69, 9.17) is 23.2 Å². The predicted molar refractivity (Wildman–Crippen MR) is 87.8 cm³/mol. The fraction of sp³-hybridized carbons (Fsp3) is 0.375. The fourth-order valence-electron chi connectivity index (χ4n) is 3.52. The quantitative estimate of drug-likeness (QED) is 0.787. The number of likely N-dealkylation sites (tertiary alicyclic amines) is 1. The Balaban J connectivity index is 1.87. The molecule has 1 spiro atoms. The van der Waals surface area contributed by atoms with Crippen LogP contribution in [0.15, 0.2) is 30.5 Å². The van der Waals surface area contributed by atoms with Crippen LogP contribution in [0.2, 0.25) is 10.0 Å². The molecule has 1 fully saturated rings. The van der Waals surface area contributed by atoms with E-state index in [2.05, 4.69) is 40.2 Å². The van der Waals surface area contributed by atoms with Crippen LogP contribution in [-0.2, 0) is 5.54 Å². The van der Waals surface area contributed by atoms with E-state index >= 15 is 0 Å². The van der Waals surface area contributed by atoms with Crippen molar-refractivity contribution in [1.82, 2.24) is 9.47 Å². The summed E-state index contributed by atoms with van der Waals surface area (Å²) in [5.41, 5.74) is 3.47. The Morgan fingerprint density at radius 1 is 1.14 bits per heavy atom. The third-order valence-electron chi connectivity index (χ3n) is 4.75. The summed E-state index contributed by atoms with van der Waals surface area (Å²) in [5, 5.41) is 4.95. The van der Waals surface area contributed by atoms with Gasteiger partial charge in [0.15, 0.2) is 0 Å². The van der Waals surface area contributed by atoms with Crippen LogP contribution in [0.3, 0.4) is 0 Å². The molecule has 0 aliphatic carbocycles. The van der Waals surface area contributed by atoms with Gasteiger partial charge in [0.2, 0.25) is 0 Å². The van der Waals surface area contributed by atoms with Crippen molar-refractivity contribution in [3.05, 3.63) is 46.2 Å². The maximum atomic E-state index is 6.21. The zero-order chi connectivity index (χ0) is 14.6. The number of fused-ring (bicyclic) bond motifs is 4. The van der Waals surface area contributed by atoms with E-state index in [1.165, 1.54) is 5.69 Å². The summed E-state index contributed by atoms with van der Waals surface area (Å²) in [6, 6.07) is 8.21. The zero-order valence-electron chi connectivity index (χ0n) is 11.9. The maximum Gasteiger partial charge on any atom is 0.0804 e. The lowest BCUT2D eigenvalue weighted by molar-refractivity contribution is 0.199. The number of piperidine rings is 1. The van der Waals surface area contributed by atoms with Crippen LogP contribution in [0.5, 0.6) is 0 Å². The number of hydrogen-bond acceptors (Lipinski definition) is 2. The first-order chi connectivity index (χ1) is 10.1. The molecule has 0 bridgehead atoms. The van der Waals surface area contributed by atoms with E-state index in [-0.39, 0.29) is 5.54 Å². The lowest BCUT2D eigenvalue weighted by Gasteiger charge is -2.45. The Bertz CT molecular complexity index is 700. The summed E-state index contributed by atoms with van der Waals surface area (Å²) >= 11 is 12.4. The molecule has 2 aromatic rings. The van der Waals surface area contributed by atoms with E-state index in [9.17, 15) is 0 Å². The fourth-order valence-corrected chi connectivity index (χ4v) is 3.84. The van der Waals surface area contributed by atoms with Crippen LogP contribution in [0, 0.1) is 0 Å². The average Bonchev–Trinajstić information content (AvgIpc) is 2.95. The second kappa shape index (κ2) is 4.67. The van der Waals surface area contributed by atoms with Crippen LogP contribution in [0.25, 0.3) is 5.69 Å². The lowest BCUT2D eigenvalue weighted by atomic mass is 9.82. The second-order valence-corrected chi connectivity index (χ2v) is 6.87. The minimum Gasteiger partial charge on any atom is -0.372 e. The van der Waals surface area contributed by atoms with Gasteiger partial charge in [-0.3, -0.25) is 0 Å². The first-order valence-electron chi connectivity index (χ1n) is 7.23. The summed E-state index contributed by atoms with van der Waals surface area (Å²) in [7, 11) is 2.18. The highest BCUT2D eigenvalue weighted by atomic mass is 35.5. The van der Waals surface area contributed by atoms with Crippen molar-refractivity contribution in [1.29, 1.82) is 0 Å². The van der Waals surface area contributed by atoms with Gasteiger partial charge in [-0.15, -0.1) is 0 Å². The van der Waals surface area contributed by atoms with Gasteiger partial charge in [-0.25, -0.2) is 0 Å². The first kappa shape index (κ1) is 13.5. The Kier molecular flexibility index (Phi) is 3.00. The summed E-state index contributed by atoms with van der Waals surface area (Å²) in [5.74, 6) is 0. The lowest BCUT2D eigenvalue weighted by Crippen LogP contribution is -2.48. The van der Waals surface area contributed by atoms with Crippen LogP contribution in [0.1, 0.15) is 18.5 Å². The molecular weight excluding hydrogens is 305 g/mol. The van der Waals surface area contributed by atoms with Crippen molar-refractivity contribution >= 4 is 28.9 Å². The molecule has 4 rings (SSSR count). The number of anilines is 1. The molecule has 2 aliphatic heterocycles. The van der Waals surface area contributed by atoms with Crippen molar-refractivity contribution in [2.45, 2.75) is 18.4 Å². The molecule has 21 heavy (non-hydrogen) atoms. The summed E-state index contributed by atoms with van der Waals surface area (Å²) < 4.78 is 2.25. The maximum absolute atomic E-state index is 6.21. The number of aromatic nitrogens is 1. The minimum absolute atomic E-state index is 0.000167. The SMILES string of the molecule is CN1CCC2(CC1)Nc1cc(Cl)c(Cl)cc1-n1cccc12. The monoisotopic (exact) mass is 321 g/mol. The Morgan fingerprint density at radius 2 is 1.86 bits per heavy atom. The van der Waals surface area contributed by atoms with Crippen molar-refractivity contribution in [2.24, 2.45) is 0 Å². The van der Waals surface area contributed by atoms with E-state index in [1.54, 1.807) is 0 Å². The molecule has 0 saturated carbocycles. The van der Waals surface area contributed by atoms with Crippen molar-refractivity contribution in [2.75, 3.05) is 25.5 Å². The molecule has 0 radical (unpaired) electrons. The van der Waals surface area contributed by atoms with Crippen molar-refractivity contribution < 1.29 is 0 Å². The van der Waals surface area contributed by atoms with Crippen LogP contribution in [0.4, 0.5) is 5.69 Å². The Morgan fingerprint density at radius 3 is 2.62 bits per heavy atom. The third-order valence-corrected chi connectivity index (χ3v) is 5.47. The molecule has 1 saturated heterocycles. The molecule has 110 valence electrons. The van der Waals surface area contributed by atoms with Crippen molar-refractivity contribution in [3.8, 4) is 5.69 Å². The molecule has 5 heteroatoms. The number of hydrogen-bond donors (Lipinski definition) is 1. The van der Waals surface area contributed by atoms with Gasteiger partial charge in [0.25, 0.3) is 0 Å². The average molecular weight is 322 g/mol. The number of nitrogens with one attached hydrogen (secondary N) is 1. The summed E-state index contributed by atoms with van der Waals surface area (Å²) in [6.07, 6.45) is 4.29. The third kappa shape index (κ3) is 1.99. The normalized spacial score (nSPS) is 20.0. The molecule has 1 aromatic heterocycles. The Hall–Kier alpha value is -1.16. The van der Waals surface area contributed by atoms with E-state index < -0.39 is 0 Å². The topological polar surface area (TPSA) is 20.2 Å². The highest BCUT2D eigenvalue weighted by Gasteiger charge is 2.41. The van der Waals surface area contributed by atoms with Gasteiger partial charge in [0, 0.05) is 25.0 Å². The number of benzene rings is 1. The molecule has 2 aliphatic rings. The van der Waals surface area contributed by atoms with E-state index in [1.807, 2.05) is 12.1 Å². The van der Waals surface area contributed by atoms with Gasteiger partial charge < -0.3 is 14.8 Å². The first-order valence-corrected chi connectivity index (χ1v) is 7.99. The highest BCUT2D eigenvalue weighted by molar-refractivity contribution is 6.42. The molecule has 3 nitrogen and oxygen atoms in total. The van der Waals surface area contributed by atoms with Crippen LogP contribution in [-0.4, -0.2) is 29.6 Å². The van der Waals surface area contributed by atoms with Gasteiger partial charge in [-0.05, 0) is 44.2 Å². The number of rotatable bonds is 0. The van der Waals surface area contributed by atoms with E-state index in [0.717, 1.165) is 37.3 Å². The standard InChI is InChI=1S/C16H17Cl2N3/c1-20-7-4-16(5-8-20)15-3-2-6-21(15)14-10-12(18)11(17)9-13(14)19-16/h2-3,6,9-10,19H,4-5,7-8H2,1H3. The van der Waals surface area contributed by atoms with Gasteiger partial charge in [-0.1, -0.05) is 23.2 Å². The predicted octanol–water partition coefficient (Wildman–Crippen LogP) is 4.13. The Labute approximate surface area is 134 Å². The van der Waals surface area contributed by atoms with Gasteiger partial charge in [0.1, 0.15) is 0 Å². The number of halogens is 2. The second-order valence-electron chi connectivity index (χ2n) is 6.06. The smallest absolute Gasteiger partial charge is 0.0804 e. The molecule has 1 N–H and O–H groups in total. The van der Waals surface area contributed by atoms with Crippen molar-refractivity contribution in [3.63, 3.8) is 0 Å². The molecular formula is C16H17Cl2N3. The summed E-state index contributed by atoms with van der Waals surface area (Å²) in [4.78, 5) is 2.38. The molecule has 1 aromatic carbocycles. The van der Waals surface area contributed by atoms with Crippen LogP contribution < -0.4 is 5.32 Å². The van der Waals surface area contributed by atoms with E-state index in [0.29, 0.717) is 10.0 Å². The number of nitrogens with zero attached hydrogens (tertiary/aromatic N) is 2. The molecule has 3 heterocycles. The molecule has 0 unspecified atom stereocenters. The van der Waals surface area contributed by atoms with Gasteiger partial charge in [-0.2, -0.15) is 0 Å². The molecule has 0 amide bonds. The summed E-state index contributed by atoms with van der Waals surface area (Å²) in [6.45, 7) is 2.18. The van der Waals surface area contributed by atoms with Crippen LogP contribution >= 0.6 is 23.2 Å². The minimum atomic E-state index is 0.000167. The zero-order valence-corrected chi connectivity index (χ0v) is 13.4. The molecule has 0 atom stereocenters. The van der Waals surface area contributed by atoms with Gasteiger partial charge in [0.05, 0.1) is 27.0 Å².